The van der Waals surface area contributed by atoms with Crippen molar-refractivity contribution < 1.29 is 19.1 Å². The predicted molar refractivity (Wildman–Crippen MR) is 82.6 cm³/mol. The number of carbonyl (C=O) groups is 3. The quantitative estimate of drug-likeness (QED) is 0.671. The van der Waals surface area contributed by atoms with Crippen LogP contribution in [0.4, 0.5) is 4.79 Å². The number of urea groups is 1. The molecule has 1 aliphatic heterocycles. The van der Waals surface area contributed by atoms with Crippen LogP contribution in [0.25, 0.3) is 11.1 Å². The fourth-order valence-corrected chi connectivity index (χ4v) is 2.44. The summed E-state index contributed by atoms with van der Waals surface area (Å²) in [4.78, 5) is 34.2. The van der Waals surface area contributed by atoms with E-state index in [4.69, 9.17) is 0 Å². The van der Waals surface area contributed by atoms with E-state index in [1.54, 1.807) is 24.3 Å². The highest BCUT2D eigenvalue weighted by Crippen LogP contribution is 2.23. The molecule has 1 heterocycles. The van der Waals surface area contributed by atoms with Crippen LogP contribution in [-0.4, -0.2) is 25.0 Å². The molecule has 2 N–H and O–H groups in total. The maximum Gasteiger partial charge on any atom is 0.337 e. The van der Waals surface area contributed by atoms with Crippen molar-refractivity contribution in [2.45, 2.75) is 6.04 Å². The molecule has 1 fully saturated rings. The number of amides is 3. The molecule has 0 aliphatic carbocycles. The summed E-state index contributed by atoms with van der Waals surface area (Å²) in [6.45, 7) is 0. The molecular formula is C17H14N2O4. The first kappa shape index (κ1) is 14.8. The second kappa shape index (κ2) is 5.92. The summed E-state index contributed by atoms with van der Waals surface area (Å²) >= 11 is 0. The average molecular weight is 310 g/mol. The van der Waals surface area contributed by atoms with Gasteiger partial charge >= 0.3 is 12.0 Å². The monoisotopic (exact) mass is 310 g/mol. The molecular weight excluding hydrogens is 296 g/mol. The minimum atomic E-state index is -0.654. The number of carbonyl (C=O) groups excluding carboxylic acids is 3. The zero-order valence-electron chi connectivity index (χ0n) is 12.3. The van der Waals surface area contributed by atoms with Crippen molar-refractivity contribution in [3.05, 3.63) is 59.7 Å². The van der Waals surface area contributed by atoms with Crippen LogP contribution in [0.2, 0.25) is 0 Å². The van der Waals surface area contributed by atoms with E-state index in [0.717, 1.165) is 11.1 Å². The summed E-state index contributed by atoms with van der Waals surface area (Å²) in [7, 11) is 1.34. The van der Waals surface area contributed by atoms with Gasteiger partial charge in [-0.1, -0.05) is 36.4 Å². The van der Waals surface area contributed by atoms with E-state index in [0.29, 0.717) is 11.1 Å². The maximum absolute atomic E-state index is 11.6. The molecule has 23 heavy (non-hydrogen) atoms. The van der Waals surface area contributed by atoms with Crippen molar-refractivity contribution >= 4 is 17.9 Å². The average Bonchev–Trinajstić information content (AvgIpc) is 2.93. The molecule has 6 nitrogen and oxygen atoms in total. The number of rotatable bonds is 3. The normalized spacial score (nSPS) is 16.7. The van der Waals surface area contributed by atoms with Crippen LogP contribution in [0.5, 0.6) is 0 Å². The summed E-state index contributed by atoms with van der Waals surface area (Å²) in [6.07, 6.45) is 0. The molecule has 0 aromatic heterocycles. The number of hydrogen-bond donors (Lipinski definition) is 2. The third kappa shape index (κ3) is 2.91. The lowest BCUT2D eigenvalue weighted by atomic mass is 10.00. The van der Waals surface area contributed by atoms with Crippen LogP contribution < -0.4 is 10.6 Å². The highest BCUT2D eigenvalue weighted by Gasteiger charge is 2.30. The lowest BCUT2D eigenvalue weighted by Crippen LogP contribution is -2.22. The first-order valence-electron chi connectivity index (χ1n) is 6.98. The van der Waals surface area contributed by atoms with Gasteiger partial charge in [-0.25, -0.2) is 9.59 Å². The van der Waals surface area contributed by atoms with Gasteiger partial charge < -0.3 is 10.1 Å². The Hall–Kier alpha value is -3.15. The molecule has 0 bridgehead atoms. The molecule has 1 atom stereocenters. The van der Waals surface area contributed by atoms with Crippen molar-refractivity contribution in [3.63, 3.8) is 0 Å². The Labute approximate surface area is 132 Å². The number of imide groups is 1. The number of esters is 1. The van der Waals surface area contributed by atoms with E-state index in [-0.39, 0.29) is 11.9 Å². The Morgan fingerprint density at radius 1 is 0.957 bits per heavy atom. The van der Waals surface area contributed by atoms with Gasteiger partial charge in [0.2, 0.25) is 0 Å². The SMILES string of the molecule is COC(=O)c1ccc(-c2ccc(C3NC(=O)NC3=O)cc2)cc1. The van der Waals surface area contributed by atoms with Gasteiger partial charge in [-0.3, -0.25) is 10.1 Å². The smallest absolute Gasteiger partial charge is 0.337 e. The molecule has 3 rings (SSSR count). The molecule has 0 radical (unpaired) electrons. The van der Waals surface area contributed by atoms with Gasteiger partial charge in [0.05, 0.1) is 12.7 Å². The maximum atomic E-state index is 11.6. The molecule has 3 amide bonds. The number of hydrogen-bond acceptors (Lipinski definition) is 4. The highest BCUT2D eigenvalue weighted by molar-refractivity contribution is 6.04. The fraction of sp³-hybridized carbons (Fsp3) is 0.118. The van der Waals surface area contributed by atoms with E-state index in [9.17, 15) is 14.4 Å². The van der Waals surface area contributed by atoms with E-state index >= 15 is 0 Å². The molecule has 6 heteroatoms. The van der Waals surface area contributed by atoms with E-state index in [1.807, 2.05) is 24.3 Å². The van der Waals surface area contributed by atoms with Gasteiger partial charge in [0, 0.05) is 0 Å². The van der Waals surface area contributed by atoms with Crippen LogP contribution in [0, 0.1) is 0 Å². The summed E-state index contributed by atoms with van der Waals surface area (Å²) in [6, 6.07) is 13.2. The van der Waals surface area contributed by atoms with Gasteiger partial charge in [-0.05, 0) is 28.8 Å². The van der Waals surface area contributed by atoms with Crippen molar-refractivity contribution in [3.8, 4) is 11.1 Å². The number of benzene rings is 2. The Morgan fingerprint density at radius 2 is 1.52 bits per heavy atom. The summed E-state index contributed by atoms with van der Waals surface area (Å²) in [5.74, 6) is -0.736. The zero-order chi connectivity index (χ0) is 16.4. The van der Waals surface area contributed by atoms with E-state index in [1.165, 1.54) is 7.11 Å². The van der Waals surface area contributed by atoms with Crippen LogP contribution in [-0.2, 0) is 9.53 Å². The molecule has 1 aliphatic rings. The molecule has 116 valence electrons. The van der Waals surface area contributed by atoms with Gasteiger partial charge in [0.25, 0.3) is 5.91 Å². The first-order chi connectivity index (χ1) is 11.1. The predicted octanol–water partition coefficient (Wildman–Crippen LogP) is 2.02. The topological polar surface area (TPSA) is 84.5 Å². The van der Waals surface area contributed by atoms with E-state index in [2.05, 4.69) is 15.4 Å². The molecule has 1 saturated heterocycles. The zero-order valence-corrected chi connectivity index (χ0v) is 12.3. The van der Waals surface area contributed by atoms with Crippen molar-refractivity contribution in [2.75, 3.05) is 7.11 Å². The largest absolute Gasteiger partial charge is 0.465 e. The van der Waals surface area contributed by atoms with Crippen LogP contribution in [0.15, 0.2) is 48.5 Å². The molecule has 1 unspecified atom stereocenters. The van der Waals surface area contributed by atoms with Gasteiger partial charge in [0.15, 0.2) is 0 Å². The number of methoxy groups -OCH3 is 1. The summed E-state index contributed by atoms with van der Waals surface area (Å²) in [5, 5.41) is 4.76. The number of ether oxygens (including phenoxy) is 1. The highest BCUT2D eigenvalue weighted by atomic mass is 16.5. The summed E-state index contributed by atoms with van der Waals surface area (Å²) < 4.78 is 4.66. The summed E-state index contributed by atoms with van der Waals surface area (Å²) in [5.41, 5.74) is 3.07. The third-order valence-corrected chi connectivity index (χ3v) is 3.66. The first-order valence-corrected chi connectivity index (χ1v) is 6.98. The lowest BCUT2D eigenvalue weighted by molar-refractivity contribution is -0.120. The van der Waals surface area contributed by atoms with Crippen LogP contribution in [0.1, 0.15) is 22.0 Å². The third-order valence-electron chi connectivity index (χ3n) is 3.66. The minimum Gasteiger partial charge on any atom is -0.465 e. The molecule has 2 aromatic rings. The number of nitrogens with one attached hydrogen (secondary N) is 2. The van der Waals surface area contributed by atoms with E-state index < -0.39 is 12.1 Å². The standard InChI is InChI=1S/C17H14N2O4/c1-23-16(21)13-8-4-11(5-9-13)10-2-6-12(7-3-10)14-15(20)19-17(22)18-14/h2-9,14H,1H3,(H2,18,19,20,22). The second-order valence-corrected chi connectivity index (χ2v) is 5.09. The van der Waals surface area contributed by atoms with Gasteiger partial charge in [-0.2, -0.15) is 0 Å². The van der Waals surface area contributed by atoms with Crippen molar-refractivity contribution in [1.82, 2.24) is 10.6 Å². The van der Waals surface area contributed by atoms with Gasteiger partial charge in [-0.15, -0.1) is 0 Å². The Kier molecular flexibility index (Phi) is 3.80. The molecule has 0 saturated carbocycles. The van der Waals surface area contributed by atoms with Crippen molar-refractivity contribution in [2.24, 2.45) is 0 Å². The molecule has 0 spiro atoms. The minimum absolute atomic E-state index is 0.356. The molecule has 2 aromatic carbocycles. The Morgan fingerprint density at radius 3 is 2.00 bits per heavy atom. The second-order valence-electron chi connectivity index (χ2n) is 5.09. The van der Waals surface area contributed by atoms with Crippen LogP contribution in [0.3, 0.4) is 0 Å². The Bertz CT molecular complexity index is 766. The van der Waals surface area contributed by atoms with Crippen molar-refractivity contribution in [1.29, 1.82) is 0 Å². The lowest BCUT2D eigenvalue weighted by Gasteiger charge is -2.09. The van der Waals surface area contributed by atoms with Gasteiger partial charge in [0.1, 0.15) is 6.04 Å². The van der Waals surface area contributed by atoms with Crippen LogP contribution >= 0.6 is 0 Å². The Balaban J connectivity index is 1.81. The fourth-order valence-electron chi connectivity index (χ4n) is 2.44.